The first kappa shape index (κ1) is 28.0. The van der Waals surface area contributed by atoms with Crippen molar-refractivity contribution in [2.75, 3.05) is 36.0 Å². The summed E-state index contributed by atoms with van der Waals surface area (Å²) in [6, 6.07) is 21.9. The Hall–Kier alpha value is -2.62. The van der Waals surface area contributed by atoms with Crippen molar-refractivity contribution in [1.29, 1.82) is 0 Å². The summed E-state index contributed by atoms with van der Waals surface area (Å²) in [5.74, 6) is 1.61. The highest BCUT2D eigenvalue weighted by Gasteiger charge is 2.29. The van der Waals surface area contributed by atoms with Crippen LogP contribution in [0.25, 0.3) is 0 Å². The lowest BCUT2D eigenvalue weighted by atomic mass is 10.2. The van der Waals surface area contributed by atoms with E-state index in [0.717, 1.165) is 20.7 Å². The lowest BCUT2D eigenvalue weighted by Gasteiger charge is -2.26. The Kier molecular flexibility index (Phi) is 10.6. The minimum Gasteiger partial charge on any atom is -0.492 e. The summed E-state index contributed by atoms with van der Waals surface area (Å²) in [6.45, 7) is 4.36. The van der Waals surface area contributed by atoms with Gasteiger partial charge >= 0.3 is 0 Å². The van der Waals surface area contributed by atoms with Crippen LogP contribution >= 0.6 is 23.5 Å². The van der Waals surface area contributed by atoms with E-state index in [9.17, 15) is 13.2 Å². The molecule has 1 N–H and O–H groups in total. The van der Waals surface area contributed by atoms with E-state index in [1.54, 1.807) is 60.3 Å². The number of para-hydroxylation sites is 2. The molecule has 0 spiro atoms. The summed E-state index contributed by atoms with van der Waals surface area (Å²) in [5, 5.41) is 2.86. The van der Waals surface area contributed by atoms with Gasteiger partial charge in [0.05, 0.1) is 17.2 Å². The fourth-order valence-corrected chi connectivity index (χ4v) is 6.20. The Bertz CT molecular complexity index is 1250. The third-order valence-corrected chi connectivity index (χ3v) is 8.84. The molecule has 36 heavy (non-hydrogen) atoms. The second kappa shape index (κ2) is 13.6. The van der Waals surface area contributed by atoms with E-state index in [1.807, 2.05) is 19.2 Å². The van der Waals surface area contributed by atoms with Gasteiger partial charge in [-0.25, -0.2) is 8.42 Å². The third-order valence-electron chi connectivity index (χ3n) is 5.29. The lowest BCUT2D eigenvalue weighted by Crippen LogP contribution is -2.41. The van der Waals surface area contributed by atoms with Crippen molar-refractivity contribution in [3.63, 3.8) is 0 Å². The molecule has 0 heterocycles. The third kappa shape index (κ3) is 7.69. The number of rotatable bonds is 13. The quantitative estimate of drug-likeness (QED) is 0.231. The molecule has 0 bridgehead atoms. The fourth-order valence-electron chi connectivity index (χ4n) is 3.56. The summed E-state index contributed by atoms with van der Waals surface area (Å²) < 4.78 is 34.1. The number of carbonyl (C=O) groups is 1. The first-order valence-corrected chi connectivity index (χ1v) is 15.5. The van der Waals surface area contributed by atoms with Gasteiger partial charge < -0.3 is 10.1 Å². The van der Waals surface area contributed by atoms with Crippen molar-refractivity contribution >= 4 is 45.1 Å². The number of hydrogen-bond donors (Lipinski definition) is 1. The lowest BCUT2D eigenvalue weighted by molar-refractivity contribution is -0.119. The number of nitrogens with one attached hydrogen (secondary N) is 1. The molecule has 0 radical (unpaired) electrons. The van der Waals surface area contributed by atoms with E-state index in [4.69, 9.17) is 4.74 Å². The van der Waals surface area contributed by atoms with Crippen LogP contribution in [0.15, 0.2) is 82.6 Å². The van der Waals surface area contributed by atoms with Crippen LogP contribution in [0.3, 0.4) is 0 Å². The van der Waals surface area contributed by atoms with Crippen molar-refractivity contribution in [3.8, 4) is 5.75 Å². The maximum absolute atomic E-state index is 13.7. The molecule has 0 aliphatic heterocycles. The van der Waals surface area contributed by atoms with Gasteiger partial charge in [-0.15, -0.1) is 11.8 Å². The minimum atomic E-state index is -4.01. The summed E-state index contributed by atoms with van der Waals surface area (Å²) in [6.07, 6.45) is 1.93. The van der Waals surface area contributed by atoms with Crippen LogP contribution in [0, 0.1) is 6.92 Å². The number of aryl methyl sites for hydroxylation is 1. The average Bonchev–Trinajstić information content (AvgIpc) is 2.88. The Labute approximate surface area is 222 Å². The molecule has 3 aromatic rings. The summed E-state index contributed by atoms with van der Waals surface area (Å²) in [5.41, 5.74) is 2.79. The minimum absolute atomic E-state index is 0.119. The largest absolute Gasteiger partial charge is 0.492 e. The molecule has 0 atom stereocenters. The average molecular weight is 545 g/mol. The zero-order valence-corrected chi connectivity index (χ0v) is 23.2. The predicted octanol–water partition coefficient (Wildman–Crippen LogP) is 5.36. The molecule has 0 saturated carbocycles. The van der Waals surface area contributed by atoms with E-state index in [-0.39, 0.29) is 17.3 Å². The van der Waals surface area contributed by atoms with Crippen LogP contribution in [0.5, 0.6) is 5.75 Å². The number of thioether (sulfide) groups is 2. The molecule has 0 aliphatic carbocycles. The molecule has 9 heteroatoms. The number of hydrogen-bond acceptors (Lipinski definition) is 6. The summed E-state index contributed by atoms with van der Waals surface area (Å²) in [7, 11) is -4.01. The zero-order valence-electron chi connectivity index (χ0n) is 20.8. The van der Waals surface area contributed by atoms with E-state index >= 15 is 0 Å². The number of amides is 1. The van der Waals surface area contributed by atoms with E-state index in [2.05, 4.69) is 30.4 Å². The van der Waals surface area contributed by atoms with Crippen LogP contribution in [0.2, 0.25) is 0 Å². The van der Waals surface area contributed by atoms with Gasteiger partial charge in [0.2, 0.25) is 5.91 Å². The van der Waals surface area contributed by atoms with Gasteiger partial charge in [-0.3, -0.25) is 9.10 Å². The van der Waals surface area contributed by atoms with Crippen LogP contribution < -0.4 is 14.4 Å². The second-order valence-electron chi connectivity index (χ2n) is 7.98. The number of nitrogens with zero attached hydrogens (tertiary/aromatic N) is 1. The molecule has 0 fully saturated rings. The first-order valence-electron chi connectivity index (χ1n) is 11.6. The number of carbonyl (C=O) groups excluding carboxylic acids is 1. The Balaban J connectivity index is 1.72. The predicted molar refractivity (Wildman–Crippen MR) is 151 cm³/mol. The monoisotopic (exact) mass is 544 g/mol. The fraction of sp³-hybridized carbons (Fsp3) is 0.296. The highest BCUT2D eigenvalue weighted by atomic mass is 32.2. The molecule has 1 amide bonds. The van der Waals surface area contributed by atoms with Crippen molar-refractivity contribution in [2.24, 2.45) is 0 Å². The zero-order chi connectivity index (χ0) is 26.0. The Morgan fingerprint density at radius 3 is 2.47 bits per heavy atom. The van der Waals surface area contributed by atoms with Gasteiger partial charge in [0.25, 0.3) is 10.0 Å². The maximum atomic E-state index is 13.7. The molecule has 0 unspecified atom stereocenters. The van der Waals surface area contributed by atoms with E-state index in [0.29, 0.717) is 24.6 Å². The highest BCUT2D eigenvalue weighted by Crippen LogP contribution is 2.32. The van der Waals surface area contributed by atoms with Crippen molar-refractivity contribution in [2.45, 2.75) is 29.4 Å². The highest BCUT2D eigenvalue weighted by molar-refractivity contribution is 7.98. The maximum Gasteiger partial charge on any atom is 0.264 e. The molecule has 0 aromatic heterocycles. The Morgan fingerprint density at radius 2 is 1.78 bits per heavy atom. The molecule has 0 saturated heterocycles. The standard InChI is InChI=1S/C27H32N2O4S3/c1-4-33-26-11-6-5-10-25(26)29(36(31,32)24-14-12-23(34-3)13-15-24)19-27(30)28-16-17-35-20-22-9-7-8-21(2)18-22/h5-15,18H,4,16-17,19-20H2,1-3H3,(H,28,30). The molecular formula is C27H32N2O4S3. The van der Waals surface area contributed by atoms with Crippen molar-refractivity contribution < 1.29 is 17.9 Å². The number of benzene rings is 3. The molecule has 3 aromatic carbocycles. The normalized spacial score (nSPS) is 11.2. The molecule has 192 valence electrons. The van der Waals surface area contributed by atoms with Gasteiger partial charge in [-0.1, -0.05) is 42.0 Å². The summed E-state index contributed by atoms with van der Waals surface area (Å²) >= 11 is 3.25. The number of sulfonamides is 1. The van der Waals surface area contributed by atoms with Crippen molar-refractivity contribution in [3.05, 3.63) is 83.9 Å². The molecule has 6 nitrogen and oxygen atoms in total. The molecular weight excluding hydrogens is 513 g/mol. The van der Waals surface area contributed by atoms with Crippen LogP contribution in [-0.4, -0.2) is 46.0 Å². The van der Waals surface area contributed by atoms with Crippen LogP contribution in [-0.2, 0) is 20.6 Å². The van der Waals surface area contributed by atoms with E-state index < -0.39 is 10.0 Å². The van der Waals surface area contributed by atoms with Gasteiger partial charge in [-0.2, -0.15) is 11.8 Å². The van der Waals surface area contributed by atoms with Gasteiger partial charge in [-0.05, 0) is 62.1 Å². The first-order chi connectivity index (χ1) is 17.3. The smallest absolute Gasteiger partial charge is 0.264 e. The van der Waals surface area contributed by atoms with Gasteiger partial charge in [0.15, 0.2) is 0 Å². The number of ether oxygens (including phenoxy) is 1. The second-order valence-corrected chi connectivity index (χ2v) is 11.8. The van der Waals surface area contributed by atoms with Crippen LogP contribution in [0.4, 0.5) is 5.69 Å². The Morgan fingerprint density at radius 1 is 1.03 bits per heavy atom. The number of anilines is 1. The topological polar surface area (TPSA) is 75.7 Å². The van der Waals surface area contributed by atoms with Crippen molar-refractivity contribution in [1.82, 2.24) is 5.32 Å². The molecule has 3 rings (SSSR count). The van der Waals surface area contributed by atoms with E-state index in [1.165, 1.54) is 22.9 Å². The van der Waals surface area contributed by atoms with Gasteiger partial charge in [0, 0.05) is 22.9 Å². The molecule has 0 aliphatic rings. The van der Waals surface area contributed by atoms with Crippen LogP contribution in [0.1, 0.15) is 18.1 Å². The summed E-state index contributed by atoms with van der Waals surface area (Å²) in [4.78, 5) is 14.0. The van der Waals surface area contributed by atoms with Gasteiger partial charge in [0.1, 0.15) is 12.3 Å². The SMILES string of the molecule is CCOc1ccccc1N(CC(=O)NCCSCc1cccc(C)c1)S(=O)(=O)c1ccc(SC)cc1.